The third-order valence-electron chi connectivity index (χ3n) is 2.65. The van der Waals surface area contributed by atoms with Crippen LogP contribution in [0, 0.1) is 0 Å². The molecule has 2 rings (SSSR count). The van der Waals surface area contributed by atoms with Gasteiger partial charge in [0.2, 0.25) is 0 Å². The van der Waals surface area contributed by atoms with Crippen LogP contribution in [0.15, 0.2) is 42.6 Å². The number of benzene rings is 1. The summed E-state index contributed by atoms with van der Waals surface area (Å²) in [5.74, 6) is 0.126. The summed E-state index contributed by atoms with van der Waals surface area (Å²) in [6.45, 7) is 0. The first kappa shape index (κ1) is 13.5. The zero-order valence-corrected chi connectivity index (χ0v) is 11.3. The number of H-pyrrole nitrogens is 1. The molecule has 0 saturated heterocycles. The number of nitrogens with one attached hydrogen (secondary N) is 2. The predicted octanol–water partition coefficient (Wildman–Crippen LogP) is 1.26. The van der Waals surface area contributed by atoms with Gasteiger partial charge in [0.1, 0.15) is 5.69 Å². The lowest BCUT2D eigenvalue weighted by Gasteiger charge is -2.17. The lowest BCUT2D eigenvalue weighted by molar-refractivity contribution is 0.0935. The highest BCUT2D eigenvalue weighted by atomic mass is 32.2. The van der Waals surface area contributed by atoms with Crippen LogP contribution in [0.1, 0.15) is 22.1 Å². The Labute approximate surface area is 113 Å². The largest absolute Gasteiger partial charge is 0.343 e. The number of rotatable bonds is 5. The number of carbonyl (C=O) groups excluding carboxylic acids is 1. The summed E-state index contributed by atoms with van der Waals surface area (Å²) < 4.78 is 11.4. The second-order valence-electron chi connectivity index (χ2n) is 4.15. The van der Waals surface area contributed by atoms with E-state index in [1.54, 1.807) is 12.3 Å². The summed E-state index contributed by atoms with van der Waals surface area (Å²) in [7, 11) is -1.000. The lowest BCUT2D eigenvalue weighted by atomic mass is 10.1. The molecular weight excluding hydrogens is 262 g/mol. The van der Waals surface area contributed by atoms with Gasteiger partial charge in [-0.2, -0.15) is 5.10 Å². The van der Waals surface area contributed by atoms with E-state index in [1.165, 1.54) is 6.20 Å². The van der Waals surface area contributed by atoms with Gasteiger partial charge in [-0.15, -0.1) is 0 Å². The molecule has 1 amide bonds. The van der Waals surface area contributed by atoms with Crippen molar-refractivity contribution in [2.45, 2.75) is 6.04 Å². The summed E-state index contributed by atoms with van der Waals surface area (Å²) in [4.78, 5) is 12.0. The van der Waals surface area contributed by atoms with E-state index < -0.39 is 10.8 Å². The van der Waals surface area contributed by atoms with Gasteiger partial charge in [0, 0.05) is 29.0 Å². The smallest absolute Gasteiger partial charge is 0.269 e. The first-order valence-corrected chi connectivity index (χ1v) is 7.54. The molecule has 5 nitrogen and oxygen atoms in total. The van der Waals surface area contributed by atoms with Crippen molar-refractivity contribution in [2.24, 2.45) is 0 Å². The van der Waals surface area contributed by atoms with E-state index in [2.05, 4.69) is 15.5 Å². The van der Waals surface area contributed by atoms with Crippen molar-refractivity contribution in [3.05, 3.63) is 53.9 Å². The fourth-order valence-electron chi connectivity index (χ4n) is 1.76. The number of carbonyl (C=O) groups is 1. The molecule has 0 aliphatic heterocycles. The van der Waals surface area contributed by atoms with Crippen molar-refractivity contribution in [1.29, 1.82) is 0 Å². The Hall–Kier alpha value is -1.95. The monoisotopic (exact) mass is 277 g/mol. The van der Waals surface area contributed by atoms with Gasteiger partial charge < -0.3 is 5.32 Å². The minimum Gasteiger partial charge on any atom is -0.343 e. The number of nitrogens with zero attached hydrogens (tertiary/aromatic N) is 1. The molecule has 1 aromatic carbocycles. The van der Waals surface area contributed by atoms with Gasteiger partial charge in [-0.3, -0.25) is 14.1 Å². The molecule has 0 saturated carbocycles. The molecule has 2 atom stereocenters. The number of aromatic amines is 1. The molecule has 6 heteroatoms. The predicted molar refractivity (Wildman–Crippen MR) is 74.2 cm³/mol. The molecule has 2 unspecified atom stereocenters. The molecule has 1 aromatic heterocycles. The lowest BCUT2D eigenvalue weighted by Crippen LogP contribution is -2.32. The minimum absolute atomic E-state index is 0.253. The molecule has 19 heavy (non-hydrogen) atoms. The third kappa shape index (κ3) is 3.75. The topological polar surface area (TPSA) is 74.8 Å². The Kier molecular flexibility index (Phi) is 4.46. The standard InChI is InChI=1S/C13H15N3O2S/c1-19(18)9-12(10-5-3-2-4-6-10)15-13(17)11-7-8-14-16-11/h2-8,12H,9H2,1H3,(H,14,16)(H,15,17). The number of amides is 1. The van der Waals surface area contributed by atoms with Crippen LogP contribution in [-0.2, 0) is 10.8 Å². The van der Waals surface area contributed by atoms with Gasteiger partial charge in [0.25, 0.3) is 5.91 Å². The van der Waals surface area contributed by atoms with E-state index in [0.717, 1.165) is 5.56 Å². The molecule has 0 spiro atoms. The fraction of sp³-hybridized carbons (Fsp3) is 0.231. The Bertz CT molecular complexity index is 555. The van der Waals surface area contributed by atoms with Crippen LogP contribution in [0.4, 0.5) is 0 Å². The molecule has 2 N–H and O–H groups in total. The molecule has 0 aliphatic carbocycles. The maximum atomic E-state index is 12.0. The minimum atomic E-state index is -1.000. The Morgan fingerprint density at radius 2 is 2.11 bits per heavy atom. The van der Waals surface area contributed by atoms with Gasteiger partial charge in [-0.25, -0.2) is 0 Å². The van der Waals surface area contributed by atoms with Gasteiger partial charge in [-0.1, -0.05) is 30.3 Å². The summed E-state index contributed by atoms with van der Waals surface area (Å²) in [5.41, 5.74) is 1.33. The number of hydrogen-bond acceptors (Lipinski definition) is 3. The van der Waals surface area contributed by atoms with Gasteiger partial charge in [0.05, 0.1) is 6.04 Å². The SMILES string of the molecule is CS(=O)CC(NC(=O)c1ccn[nH]1)c1ccccc1. The quantitative estimate of drug-likeness (QED) is 0.864. The van der Waals surface area contributed by atoms with Crippen molar-refractivity contribution in [1.82, 2.24) is 15.5 Å². The Balaban J connectivity index is 2.15. The van der Waals surface area contributed by atoms with Gasteiger partial charge >= 0.3 is 0 Å². The van der Waals surface area contributed by atoms with E-state index in [0.29, 0.717) is 11.4 Å². The molecule has 0 radical (unpaired) electrons. The third-order valence-corrected chi connectivity index (χ3v) is 3.46. The maximum Gasteiger partial charge on any atom is 0.269 e. The van der Waals surface area contributed by atoms with E-state index in [1.807, 2.05) is 30.3 Å². The van der Waals surface area contributed by atoms with Crippen LogP contribution < -0.4 is 5.32 Å². The van der Waals surface area contributed by atoms with Crippen molar-refractivity contribution in [3.8, 4) is 0 Å². The maximum absolute atomic E-state index is 12.0. The highest BCUT2D eigenvalue weighted by Gasteiger charge is 2.17. The average Bonchev–Trinajstić information content (AvgIpc) is 2.92. The van der Waals surface area contributed by atoms with E-state index in [-0.39, 0.29) is 11.9 Å². The fourth-order valence-corrected chi connectivity index (χ4v) is 2.50. The van der Waals surface area contributed by atoms with Crippen LogP contribution in [0.5, 0.6) is 0 Å². The molecule has 0 aliphatic rings. The Morgan fingerprint density at radius 3 is 2.68 bits per heavy atom. The van der Waals surface area contributed by atoms with E-state index >= 15 is 0 Å². The highest BCUT2D eigenvalue weighted by molar-refractivity contribution is 7.84. The summed E-state index contributed by atoms with van der Waals surface area (Å²) in [6, 6.07) is 10.8. The van der Waals surface area contributed by atoms with Crippen LogP contribution in [-0.4, -0.2) is 32.3 Å². The van der Waals surface area contributed by atoms with E-state index in [9.17, 15) is 9.00 Å². The summed E-state index contributed by atoms with van der Waals surface area (Å²) in [6.07, 6.45) is 3.14. The van der Waals surface area contributed by atoms with Crippen molar-refractivity contribution in [3.63, 3.8) is 0 Å². The molecule has 0 fully saturated rings. The second kappa shape index (κ2) is 6.29. The van der Waals surface area contributed by atoms with Gasteiger partial charge in [0.15, 0.2) is 0 Å². The van der Waals surface area contributed by atoms with Crippen LogP contribution >= 0.6 is 0 Å². The zero-order valence-electron chi connectivity index (χ0n) is 10.5. The number of hydrogen-bond donors (Lipinski definition) is 2. The Morgan fingerprint density at radius 1 is 1.37 bits per heavy atom. The van der Waals surface area contributed by atoms with Gasteiger partial charge in [-0.05, 0) is 11.6 Å². The zero-order chi connectivity index (χ0) is 13.7. The number of aromatic nitrogens is 2. The molecular formula is C13H15N3O2S. The van der Waals surface area contributed by atoms with Crippen LogP contribution in [0.2, 0.25) is 0 Å². The van der Waals surface area contributed by atoms with Crippen molar-refractivity contribution in [2.75, 3.05) is 12.0 Å². The average molecular weight is 277 g/mol. The molecule has 1 heterocycles. The van der Waals surface area contributed by atoms with Crippen LogP contribution in [0.3, 0.4) is 0 Å². The van der Waals surface area contributed by atoms with E-state index in [4.69, 9.17) is 0 Å². The summed E-state index contributed by atoms with van der Waals surface area (Å²) in [5, 5.41) is 9.21. The normalized spacial score (nSPS) is 13.7. The molecule has 0 bridgehead atoms. The second-order valence-corrected chi connectivity index (χ2v) is 5.63. The molecule has 100 valence electrons. The van der Waals surface area contributed by atoms with Crippen molar-refractivity contribution >= 4 is 16.7 Å². The first-order chi connectivity index (χ1) is 9.16. The highest BCUT2D eigenvalue weighted by Crippen LogP contribution is 2.14. The summed E-state index contributed by atoms with van der Waals surface area (Å²) >= 11 is 0. The first-order valence-electron chi connectivity index (χ1n) is 5.82. The molecule has 2 aromatic rings. The van der Waals surface area contributed by atoms with Crippen molar-refractivity contribution < 1.29 is 9.00 Å². The van der Waals surface area contributed by atoms with Crippen LogP contribution in [0.25, 0.3) is 0 Å².